The van der Waals surface area contributed by atoms with Crippen LogP contribution >= 0.6 is 0 Å². The number of cyclic esters (lactones) is 1. The maximum Gasteiger partial charge on any atom is 0.339 e. The highest BCUT2D eigenvalue weighted by Gasteiger charge is 2.22. The number of esters is 1. The van der Waals surface area contributed by atoms with Gasteiger partial charge in [0.25, 0.3) is 0 Å². The quantitative estimate of drug-likeness (QED) is 0.800. The summed E-state index contributed by atoms with van der Waals surface area (Å²) < 4.78 is 16.0. The van der Waals surface area contributed by atoms with Crippen molar-refractivity contribution in [3.05, 3.63) is 76.6 Å². The van der Waals surface area contributed by atoms with Crippen LogP contribution in [0.1, 0.15) is 16.7 Å². The SMILES string of the molecule is COc1ccc(/C=C2\C=C(Cc3ccc4c(c3)CCO4)C(=O)O2)cc1. The standard InChI is InChI=1S/C21H18O4/c1-23-18-5-2-14(3-6-18)12-19-13-17(21(22)25-19)11-15-4-7-20-16(10-15)8-9-24-20/h2-7,10,12-13H,8-9,11H2,1H3/b19-12+. The Morgan fingerprint density at radius 1 is 1.16 bits per heavy atom. The molecule has 0 aliphatic carbocycles. The van der Waals surface area contributed by atoms with Gasteiger partial charge in [-0.3, -0.25) is 0 Å². The highest BCUT2D eigenvalue weighted by atomic mass is 16.5. The predicted molar refractivity (Wildman–Crippen MR) is 94.5 cm³/mol. The van der Waals surface area contributed by atoms with Gasteiger partial charge in [0.2, 0.25) is 0 Å². The van der Waals surface area contributed by atoms with Gasteiger partial charge in [0.1, 0.15) is 17.3 Å². The monoisotopic (exact) mass is 334 g/mol. The Morgan fingerprint density at radius 3 is 2.80 bits per heavy atom. The normalized spacial score (nSPS) is 17.1. The van der Waals surface area contributed by atoms with Gasteiger partial charge in [-0.1, -0.05) is 24.3 Å². The summed E-state index contributed by atoms with van der Waals surface area (Å²) in [5.74, 6) is 2.03. The number of carbonyl (C=O) groups excluding carboxylic acids is 1. The van der Waals surface area contributed by atoms with Gasteiger partial charge in [-0.25, -0.2) is 4.79 Å². The molecule has 2 aromatic carbocycles. The van der Waals surface area contributed by atoms with Crippen molar-refractivity contribution >= 4 is 12.0 Å². The Bertz CT molecular complexity index is 875. The maximum atomic E-state index is 12.1. The third kappa shape index (κ3) is 3.29. The Labute approximate surface area is 146 Å². The van der Waals surface area contributed by atoms with Gasteiger partial charge in [0, 0.05) is 18.4 Å². The molecule has 2 aliphatic heterocycles. The smallest absolute Gasteiger partial charge is 0.339 e. The van der Waals surface area contributed by atoms with Crippen LogP contribution in [0.5, 0.6) is 11.5 Å². The van der Waals surface area contributed by atoms with E-state index in [9.17, 15) is 4.79 Å². The van der Waals surface area contributed by atoms with Crippen LogP contribution in [-0.4, -0.2) is 19.7 Å². The third-order valence-corrected chi connectivity index (χ3v) is 4.36. The zero-order chi connectivity index (χ0) is 17.2. The second kappa shape index (κ2) is 6.48. The summed E-state index contributed by atoms with van der Waals surface area (Å²) in [6, 6.07) is 13.7. The molecule has 0 atom stereocenters. The van der Waals surface area contributed by atoms with Crippen LogP contribution in [0, 0.1) is 0 Å². The number of ether oxygens (including phenoxy) is 3. The molecule has 0 unspecified atom stereocenters. The first-order chi connectivity index (χ1) is 12.2. The topological polar surface area (TPSA) is 44.8 Å². The zero-order valence-corrected chi connectivity index (χ0v) is 14.0. The van der Waals surface area contributed by atoms with E-state index in [-0.39, 0.29) is 5.97 Å². The van der Waals surface area contributed by atoms with E-state index in [2.05, 4.69) is 6.07 Å². The van der Waals surface area contributed by atoms with Crippen molar-refractivity contribution in [2.75, 3.05) is 13.7 Å². The largest absolute Gasteiger partial charge is 0.497 e. The number of hydrogen-bond acceptors (Lipinski definition) is 4. The minimum Gasteiger partial charge on any atom is -0.497 e. The van der Waals surface area contributed by atoms with Crippen molar-refractivity contribution in [1.29, 1.82) is 0 Å². The van der Waals surface area contributed by atoms with Gasteiger partial charge >= 0.3 is 5.97 Å². The number of fused-ring (bicyclic) bond motifs is 1. The Morgan fingerprint density at radius 2 is 2.00 bits per heavy atom. The average Bonchev–Trinajstić information content (AvgIpc) is 3.22. The molecule has 25 heavy (non-hydrogen) atoms. The fourth-order valence-electron chi connectivity index (χ4n) is 3.06. The summed E-state index contributed by atoms with van der Waals surface area (Å²) in [7, 11) is 1.63. The maximum absolute atomic E-state index is 12.1. The molecule has 0 fully saturated rings. The molecule has 4 nitrogen and oxygen atoms in total. The van der Waals surface area contributed by atoms with Crippen LogP contribution in [0.4, 0.5) is 0 Å². The summed E-state index contributed by atoms with van der Waals surface area (Å²) in [4.78, 5) is 12.1. The van der Waals surface area contributed by atoms with E-state index >= 15 is 0 Å². The van der Waals surface area contributed by atoms with Crippen molar-refractivity contribution < 1.29 is 19.0 Å². The van der Waals surface area contributed by atoms with E-state index in [4.69, 9.17) is 14.2 Å². The molecule has 126 valence electrons. The third-order valence-electron chi connectivity index (χ3n) is 4.36. The number of allylic oxidation sites excluding steroid dienone is 1. The van der Waals surface area contributed by atoms with Crippen LogP contribution in [0.2, 0.25) is 0 Å². The second-order valence-electron chi connectivity index (χ2n) is 6.10. The number of methoxy groups -OCH3 is 1. The molecule has 0 saturated heterocycles. The van der Waals surface area contributed by atoms with Crippen molar-refractivity contribution in [3.63, 3.8) is 0 Å². The molecule has 0 bridgehead atoms. The fraction of sp³-hybridized carbons (Fsp3) is 0.190. The number of hydrogen-bond donors (Lipinski definition) is 0. The molecule has 0 radical (unpaired) electrons. The van der Waals surface area contributed by atoms with Crippen LogP contribution in [0.15, 0.2) is 59.9 Å². The lowest BCUT2D eigenvalue weighted by Crippen LogP contribution is -2.02. The fourth-order valence-corrected chi connectivity index (χ4v) is 3.06. The summed E-state index contributed by atoms with van der Waals surface area (Å²) in [6.45, 7) is 0.734. The van der Waals surface area contributed by atoms with Gasteiger partial charge < -0.3 is 14.2 Å². The highest BCUT2D eigenvalue weighted by molar-refractivity contribution is 5.94. The summed E-state index contributed by atoms with van der Waals surface area (Å²) in [6.07, 6.45) is 5.15. The molecule has 0 aromatic heterocycles. The van der Waals surface area contributed by atoms with Crippen molar-refractivity contribution in [1.82, 2.24) is 0 Å². The molecule has 4 heteroatoms. The predicted octanol–water partition coefficient (Wildman–Crippen LogP) is 3.70. The van der Waals surface area contributed by atoms with E-state index in [1.165, 1.54) is 5.56 Å². The zero-order valence-electron chi connectivity index (χ0n) is 14.0. The van der Waals surface area contributed by atoms with Crippen LogP contribution in [0.3, 0.4) is 0 Å². The van der Waals surface area contributed by atoms with Crippen molar-refractivity contribution in [2.45, 2.75) is 12.8 Å². The van der Waals surface area contributed by atoms with Gasteiger partial charge in [-0.2, -0.15) is 0 Å². The molecular formula is C21H18O4. The molecule has 2 heterocycles. The van der Waals surface area contributed by atoms with Gasteiger partial charge in [-0.15, -0.1) is 0 Å². The van der Waals surface area contributed by atoms with Crippen LogP contribution in [0.25, 0.3) is 6.08 Å². The first kappa shape index (κ1) is 15.5. The summed E-state index contributed by atoms with van der Waals surface area (Å²) in [5.41, 5.74) is 3.92. The molecular weight excluding hydrogens is 316 g/mol. The highest BCUT2D eigenvalue weighted by Crippen LogP contribution is 2.28. The lowest BCUT2D eigenvalue weighted by molar-refractivity contribution is -0.133. The first-order valence-corrected chi connectivity index (χ1v) is 8.24. The summed E-state index contributed by atoms with van der Waals surface area (Å²) >= 11 is 0. The minimum atomic E-state index is -0.281. The van der Waals surface area contributed by atoms with E-state index in [0.717, 1.165) is 35.7 Å². The van der Waals surface area contributed by atoms with Gasteiger partial charge in [0.15, 0.2) is 0 Å². The lowest BCUT2D eigenvalue weighted by atomic mass is 10.0. The molecule has 2 aromatic rings. The Hall–Kier alpha value is -3.01. The van der Waals surface area contributed by atoms with Crippen molar-refractivity contribution in [2.24, 2.45) is 0 Å². The Balaban J connectivity index is 1.52. The van der Waals surface area contributed by atoms with Gasteiger partial charge in [0.05, 0.1) is 13.7 Å². The van der Waals surface area contributed by atoms with E-state index in [1.807, 2.05) is 48.6 Å². The summed E-state index contributed by atoms with van der Waals surface area (Å²) in [5, 5.41) is 0. The molecule has 2 aliphatic rings. The number of carbonyl (C=O) groups is 1. The molecule has 0 saturated carbocycles. The van der Waals surface area contributed by atoms with E-state index in [0.29, 0.717) is 17.8 Å². The molecule has 0 spiro atoms. The second-order valence-corrected chi connectivity index (χ2v) is 6.10. The number of benzene rings is 2. The Kier molecular flexibility index (Phi) is 4.02. The molecule has 4 rings (SSSR count). The van der Waals surface area contributed by atoms with Crippen molar-refractivity contribution in [3.8, 4) is 11.5 Å². The first-order valence-electron chi connectivity index (χ1n) is 8.24. The molecule has 0 N–H and O–H groups in total. The number of rotatable bonds is 4. The lowest BCUT2D eigenvalue weighted by Gasteiger charge is -2.03. The van der Waals surface area contributed by atoms with Crippen LogP contribution < -0.4 is 9.47 Å². The molecule has 0 amide bonds. The van der Waals surface area contributed by atoms with E-state index < -0.39 is 0 Å². The van der Waals surface area contributed by atoms with Crippen LogP contribution in [-0.2, 0) is 22.4 Å². The van der Waals surface area contributed by atoms with E-state index in [1.54, 1.807) is 7.11 Å². The average molecular weight is 334 g/mol. The van der Waals surface area contributed by atoms with Gasteiger partial charge in [-0.05, 0) is 47.0 Å². The minimum absolute atomic E-state index is 0.281.